The van der Waals surface area contributed by atoms with Crippen molar-refractivity contribution in [2.45, 2.75) is 61.7 Å². The number of halogens is 2. The lowest BCUT2D eigenvalue weighted by Gasteiger charge is -2.23. The second-order valence-electron chi connectivity index (χ2n) is 10.6. The fourth-order valence-corrected chi connectivity index (χ4v) is 7.33. The maximum Gasteiger partial charge on any atom is 0.472 e. The summed E-state index contributed by atoms with van der Waals surface area (Å²) in [7, 11) is -9.77. The van der Waals surface area contributed by atoms with Gasteiger partial charge in [0.15, 0.2) is 42.1 Å². The molecule has 0 bridgehead atoms. The summed E-state index contributed by atoms with van der Waals surface area (Å²) < 4.78 is 92.6. The van der Waals surface area contributed by atoms with Gasteiger partial charge in [0.05, 0.1) is 31.9 Å². The van der Waals surface area contributed by atoms with Gasteiger partial charge in [-0.15, -0.1) is 0 Å². The number of anilines is 1. The van der Waals surface area contributed by atoms with E-state index in [0.29, 0.717) is 12.1 Å². The maximum atomic E-state index is 15.9. The molecule has 11 atom stereocenters. The van der Waals surface area contributed by atoms with Gasteiger partial charge >= 0.3 is 15.4 Å². The van der Waals surface area contributed by atoms with E-state index in [2.05, 4.69) is 24.9 Å². The summed E-state index contributed by atoms with van der Waals surface area (Å²) in [6.45, 7) is -1.60. The summed E-state index contributed by atoms with van der Waals surface area (Å²) in [6, 6.07) is -0.481. The van der Waals surface area contributed by atoms with Crippen molar-refractivity contribution < 1.29 is 55.5 Å². The summed E-state index contributed by atoms with van der Waals surface area (Å²) in [5.74, 6) is 0.247. The zero-order valence-electron chi connectivity index (χ0n) is 22.9. The number of fused-ring (bicyclic) bond motifs is 4. The Hall–Kier alpha value is -2.81. The van der Waals surface area contributed by atoms with Crippen molar-refractivity contribution >= 4 is 44.4 Å². The number of nitrogens with two attached hydrogens (primary N) is 2. The molecule has 244 valence electrons. The second kappa shape index (κ2) is 11.5. The van der Waals surface area contributed by atoms with Crippen molar-refractivity contribution in [3.8, 4) is 0 Å². The Labute approximate surface area is 251 Å². The van der Waals surface area contributed by atoms with Crippen LogP contribution in [-0.4, -0.2) is 101 Å². The molecule has 4 aliphatic heterocycles. The molecular formula is C22H27F2N9O10P2. The van der Waals surface area contributed by atoms with Crippen LogP contribution in [0.5, 0.6) is 0 Å². The molecule has 5 unspecified atom stereocenters. The number of nitrogens with zero attached hydrogens (tertiary/aromatic N) is 7. The average Bonchev–Trinajstić information content (AvgIpc) is 3.75. The van der Waals surface area contributed by atoms with Crippen molar-refractivity contribution in [2.24, 2.45) is 10.7 Å². The quantitative estimate of drug-likeness (QED) is 0.275. The van der Waals surface area contributed by atoms with Crippen LogP contribution in [0.15, 0.2) is 24.0 Å². The van der Waals surface area contributed by atoms with Crippen LogP contribution in [0.3, 0.4) is 0 Å². The van der Waals surface area contributed by atoms with E-state index < -0.39 is 90.2 Å². The third-order valence-corrected chi connectivity index (χ3v) is 9.73. The van der Waals surface area contributed by atoms with E-state index in [1.165, 1.54) is 17.2 Å². The number of hydrogen-bond donors (Lipinski definition) is 4. The molecule has 23 heteroatoms. The van der Waals surface area contributed by atoms with Crippen LogP contribution in [0.2, 0.25) is 0 Å². The lowest BCUT2D eigenvalue weighted by Crippen LogP contribution is -2.35. The van der Waals surface area contributed by atoms with Gasteiger partial charge in [0, 0.05) is 12.6 Å². The van der Waals surface area contributed by atoms with Gasteiger partial charge in [-0.3, -0.25) is 22.7 Å². The predicted molar refractivity (Wildman–Crippen MR) is 145 cm³/mol. The molecule has 3 fully saturated rings. The number of phosphoric ester groups is 1. The topological polar surface area (TPSA) is 256 Å². The fraction of sp³-hybridized carbons (Fsp3) is 0.591. The molecule has 45 heavy (non-hydrogen) atoms. The normalized spacial score (nSPS) is 40.7. The number of alkyl halides is 2. The van der Waals surface area contributed by atoms with E-state index in [9.17, 15) is 18.9 Å². The van der Waals surface area contributed by atoms with Gasteiger partial charge in [0.1, 0.15) is 48.3 Å². The van der Waals surface area contributed by atoms with Crippen molar-refractivity contribution in [1.82, 2.24) is 29.1 Å². The number of nitrogen functional groups attached to an aromatic ring is 1. The highest BCUT2D eigenvalue weighted by Crippen LogP contribution is 2.52. The molecule has 3 saturated heterocycles. The first-order chi connectivity index (χ1) is 21.4. The van der Waals surface area contributed by atoms with Crippen molar-refractivity contribution in [3.05, 3.63) is 24.7 Å². The minimum atomic E-state index is -5.12. The van der Waals surface area contributed by atoms with Gasteiger partial charge in [0.25, 0.3) is 0 Å². The molecule has 0 aromatic carbocycles. The van der Waals surface area contributed by atoms with Crippen LogP contribution in [0.25, 0.3) is 11.2 Å². The Bertz CT molecular complexity index is 1730. The van der Waals surface area contributed by atoms with Crippen LogP contribution in [0.1, 0.15) is 30.6 Å². The minimum Gasteiger partial charge on any atom is -0.382 e. The van der Waals surface area contributed by atoms with E-state index in [-0.39, 0.29) is 22.8 Å². The molecule has 7 heterocycles. The molecule has 0 aliphatic carbocycles. The fourth-order valence-electron chi connectivity index (χ4n) is 5.56. The summed E-state index contributed by atoms with van der Waals surface area (Å²) >= 11 is 0. The van der Waals surface area contributed by atoms with Gasteiger partial charge in [0.2, 0.25) is 0 Å². The van der Waals surface area contributed by atoms with Crippen molar-refractivity contribution in [1.29, 1.82) is 0 Å². The number of phosphoric acid groups is 1. The first-order valence-corrected chi connectivity index (χ1v) is 16.8. The molecular weight excluding hydrogens is 650 g/mol. The van der Waals surface area contributed by atoms with Gasteiger partial charge < -0.3 is 40.0 Å². The molecule has 19 nitrogen and oxygen atoms in total. The molecule has 3 aromatic rings. The number of rotatable bonds is 2. The molecule has 6 N–H and O–H groups in total. The Morgan fingerprint density at radius 3 is 2.42 bits per heavy atom. The molecule has 7 rings (SSSR count). The number of ether oxygens (including phenoxy) is 3. The van der Waals surface area contributed by atoms with Crippen molar-refractivity contribution in [2.75, 3.05) is 25.3 Å². The predicted octanol–water partition coefficient (Wildman–Crippen LogP) is 0.942. The standard InChI is InChI=1S/C22H27F2N9O10P2/c23-12-16-10(41-21(12)32-6-30-14-9(25)1-2-27-19(14)32)4-40-45(36,37)43-17-11(3-39-44(34,35)8-38-16)42-22(13(17)24)33-7-31-15-18(26)28-5-29-20(15)33/h2,5-7,9-13,16-17,21-22H,1,3-4,8,25H2,(H,34,35)(H,36,37)(H2,26,28,29)/t9?,10-,11-,12+,13+,16?,17?,21-,22-/m1/s1. The second-order valence-corrected chi connectivity index (χ2v) is 13.8. The molecule has 0 radical (unpaired) electrons. The monoisotopic (exact) mass is 677 g/mol. The van der Waals surface area contributed by atoms with Gasteiger partial charge in [-0.25, -0.2) is 38.3 Å². The molecule has 3 aromatic heterocycles. The third-order valence-electron chi connectivity index (χ3n) is 7.72. The molecule has 0 saturated carbocycles. The number of imidazole rings is 2. The zero-order valence-corrected chi connectivity index (χ0v) is 24.7. The highest BCUT2D eigenvalue weighted by atomic mass is 31.2. The first-order valence-electron chi connectivity index (χ1n) is 13.5. The summed E-state index contributed by atoms with van der Waals surface area (Å²) in [6.07, 6.45) is -9.02. The Kier molecular flexibility index (Phi) is 7.85. The van der Waals surface area contributed by atoms with E-state index in [4.69, 9.17) is 39.2 Å². The summed E-state index contributed by atoms with van der Waals surface area (Å²) in [4.78, 5) is 41.4. The average molecular weight is 677 g/mol. The summed E-state index contributed by atoms with van der Waals surface area (Å²) in [5, 5.41) is 0. The third kappa shape index (κ3) is 5.61. The van der Waals surface area contributed by atoms with Crippen LogP contribution >= 0.6 is 15.4 Å². The maximum absolute atomic E-state index is 15.9. The largest absolute Gasteiger partial charge is 0.472 e. The van der Waals surface area contributed by atoms with Crippen LogP contribution in [0.4, 0.5) is 20.4 Å². The summed E-state index contributed by atoms with van der Waals surface area (Å²) in [5.41, 5.74) is 12.5. The highest BCUT2D eigenvalue weighted by Gasteiger charge is 2.53. The highest BCUT2D eigenvalue weighted by molar-refractivity contribution is 7.52. The lowest BCUT2D eigenvalue weighted by molar-refractivity contribution is -0.0585. The van der Waals surface area contributed by atoms with Gasteiger partial charge in [-0.05, 0) is 0 Å². The van der Waals surface area contributed by atoms with E-state index in [1.807, 2.05) is 0 Å². The number of hydrogen-bond acceptors (Lipinski definition) is 15. The van der Waals surface area contributed by atoms with Crippen LogP contribution in [-0.2, 0) is 36.9 Å². The SMILES string of the molecule is Nc1ncnc2c1ncn2[C@@H]1O[C@@H]2COP(=O)(O)COC3[C@@H](COP(=O)(O)OC2[C@@H]1F)O[C@@H](n1cnc2c1N=CCC2N)[C@H]3F. The Balaban J connectivity index is 1.15. The molecule has 0 spiro atoms. The molecule has 0 amide bonds. The number of aromatic nitrogens is 6. The van der Waals surface area contributed by atoms with E-state index in [1.54, 1.807) is 6.21 Å². The van der Waals surface area contributed by atoms with Gasteiger partial charge in [-0.2, -0.15) is 0 Å². The first kappa shape index (κ1) is 30.8. The van der Waals surface area contributed by atoms with Gasteiger partial charge in [-0.1, -0.05) is 0 Å². The Morgan fingerprint density at radius 2 is 1.62 bits per heavy atom. The minimum absolute atomic E-state index is 0.0122. The van der Waals surface area contributed by atoms with Crippen molar-refractivity contribution in [3.63, 3.8) is 0 Å². The van der Waals surface area contributed by atoms with Crippen LogP contribution in [0, 0.1) is 0 Å². The molecule has 4 aliphatic rings. The van der Waals surface area contributed by atoms with Crippen LogP contribution < -0.4 is 11.5 Å². The smallest absolute Gasteiger partial charge is 0.382 e. The zero-order chi connectivity index (χ0) is 31.7. The Morgan fingerprint density at radius 1 is 0.933 bits per heavy atom. The van der Waals surface area contributed by atoms with E-state index in [0.717, 1.165) is 10.9 Å². The number of aliphatic imine (C=N–C) groups is 1. The van der Waals surface area contributed by atoms with E-state index >= 15 is 8.78 Å². The lowest BCUT2D eigenvalue weighted by atomic mass is 10.1.